The third-order valence-corrected chi connectivity index (χ3v) is 5.58. The van der Waals surface area contributed by atoms with Crippen molar-refractivity contribution in [1.82, 2.24) is 19.4 Å². The molecule has 0 bridgehead atoms. The number of carbonyl (C=O) groups excluding carboxylic acids is 1. The Morgan fingerprint density at radius 1 is 1.10 bits per heavy atom. The largest absolute Gasteiger partial charge is 0.484 e. The van der Waals surface area contributed by atoms with Crippen molar-refractivity contribution in [3.05, 3.63) is 53.9 Å². The quantitative estimate of drug-likeness (QED) is 0.681. The van der Waals surface area contributed by atoms with Crippen LogP contribution in [0, 0.1) is 6.92 Å². The number of nitrogens with zero attached hydrogens (tertiary/aromatic N) is 4. The number of aromatic nitrogens is 2. The van der Waals surface area contributed by atoms with E-state index in [9.17, 15) is 4.79 Å². The second kappa shape index (κ2) is 8.85. The lowest BCUT2D eigenvalue weighted by atomic mass is 10.2. The molecule has 1 aromatic heterocycles. The van der Waals surface area contributed by atoms with Crippen LogP contribution in [-0.4, -0.2) is 65.1 Å². The van der Waals surface area contributed by atoms with Crippen LogP contribution in [0.4, 0.5) is 5.69 Å². The molecule has 30 heavy (non-hydrogen) atoms. The lowest BCUT2D eigenvalue weighted by Crippen LogP contribution is -2.44. The van der Waals surface area contributed by atoms with E-state index in [1.807, 2.05) is 49.4 Å². The maximum atomic E-state index is 12.3. The van der Waals surface area contributed by atoms with Gasteiger partial charge in [-0.3, -0.25) is 9.69 Å². The Hall–Kier alpha value is -2.90. The van der Waals surface area contributed by atoms with Crippen LogP contribution < -0.4 is 10.1 Å². The third kappa shape index (κ3) is 4.80. The molecule has 1 saturated heterocycles. The van der Waals surface area contributed by atoms with E-state index in [2.05, 4.69) is 33.8 Å². The molecule has 1 amide bonds. The number of anilines is 1. The molecular weight excluding hydrogens is 378 g/mol. The standard InChI is InChI=1S/C23H29N5O2/c1-17-5-4-6-19(13-17)30-16-23(29)24-18-7-8-21-20(14-18)25-22(27(21)3)15-28-11-9-26(2)10-12-28/h4-8,13-14H,9-12,15-16H2,1-3H3,(H,24,29). The van der Waals surface area contributed by atoms with E-state index in [0.29, 0.717) is 5.75 Å². The normalized spacial score (nSPS) is 15.4. The minimum Gasteiger partial charge on any atom is -0.484 e. The van der Waals surface area contributed by atoms with Crippen LogP contribution in [0.5, 0.6) is 5.75 Å². The minimum atomic E-state index is -0.190. The molecular formula is C23H29N5O2. The van der Waals surface area contributed by atoms with E-state index in [0.717, 1.165) is 60.8 Å². The molecule has 158 valence electrons. The molecule has 1 aliphatic rings. The van der Waals surface area contributed by atoms with Crippen molar-refractivity contribution in [2.24, 2.45) is 7.05 Å². The molecule has 0 saturated carbocycles. The predicted molar refractivity (Wildman–Crippen MR) is 119 cm³/mol. The Morgan fingerprint density at radius 2 is 1.90 bits per heavy atom. The van der Waals surface area contributed by atoms with Gasteiger partial charge >= 0.3 is 0 Å². The van der Waals surface area contributed by atoms with Crippen LogP contribution in [0.15, 0.2) is 42.5 Å². The van der Waals surface area contributed by atoms with E-state index in [1.165, 1.54) is 0 Å². The summed E-state index contributed by atoms with van der Waals surface area (Å²) in [7, 11) is 4.21. The molecule has 7 nitrogen and oxygen atoms in total. The van der Waals surface area contributed by atoms with Crippen LogP contribution in [0.1, 0.15) is 11.4 Å². The molecule has 0 spiro atoms. The first-order valence-electron chi connectivity index (χ1n) is 10.3. The van der Waals surface area contributed by atoms with Crippen molar-refractivity contribution >= 4 is 22.6 Å². The fraction of sp³-hybridized carbons (Fsp3) is 0.391. The molecule has 7 heteroatoms. The van der Waals surface area contributed by atoms with Gasteiger partial charge in [-0.15, -0.1) is 0 Å². The topological polar surface area (TPSA) is 62.6 Å². The molecule has 2 heterocycles. The zero-order chi connectivity index (χ0) is 21.1. The SMILES string of the molecule is Cc1cccc(OCC(=O)Nc2ccc3c(c2)nc(CN2CCN(C)CC2)n3C)c1. The minimum absolute atomic E-state index is 0.0294. The Balaban J connectivity index is 1.39. The van der Waals surface area contributed by atoms with Crippen molar-refractivity contribution in [2.75, 3.05) is 45.2 Å². The van der Waals surface area contributed by atoms with Crippen LogP contribution >= 0.6 is 0 Å². The monoisotopic (exact) mass is 407 g/mol. The number of imidazole rings is 1. The summed E-state index contributed by atoms with van der Waals surface area (Å²) < 4.78 is 7.72. The maximum absolute atomic E-state index is 12.3. The Bertz CT molecular complexity index is 1040. The number of hydrogen-bond acceptors (Lipinski definition) is 5. The van der Waals surface area contributed by atoms with Crippen molar-refractivity contribution < 1.29 is 9.53 Å². The number of hydrogen-bond donors (Lipinski definition) is 1. The van der Waals surface area contributed by atoms with Gasteiger partial charge in [0.25, 0.3) is 5.91 Å². The average Bonchev–Trinajstić information content (AvgIpc) is 3.03. The van der Waals surface area contributed by atoms with Gasteiger partial charge in [-0.25, -0.2) is 4.98 Å². The van der Waals surface area contributed by atoms with E-state index in [-0.39, 0.29) is 12.5 Å². The van der Waals surface area contributed by atoms with Gasteiger partial charge in [0.15, 0.2) is 6.61 Å². The van der Waals surface area contributed by atoms with Crippen LogP contribution in [0.25, 0.3) is 11.0 Å². The number of carbonyl (C=O) groups is 1. The zero-order valence-corrected chi connectivity index (χ0v) is 17.9. The fourth-order valence-corrected chi connectivity index (χ4v) is 3.73. The Labute approximate surface area is 177 Å². The van der Waals surface area contributed by atoms with Crippen molar-refractivity contribution in [2.45, 2.75) is 13.5 Å². The number of likely N-dealkylation sites (N-methyl/N-ethyl adjacent to an activating group) is 1. The summed E-state index contributed by atoms with van der Waals surface area (Å²) in [6.45, 7) is 7.09. The van der Waals surface area contributed by atoms with Gasteiger partial charge in [-0.2, -0.15) is 0 Å². The van der Waals surface area contributed by atoms with Gasteiger partial charge in [0.1, 0.15) is 11.6 Å². The second-order valence-corrected chi connectivity index (χ2v) is 8.02. The number of benzene rings is 2. The molecule has 0 atom stereocenters. The van der Waals surface area contributed by atoms with Crippen LogP contribution in [-0.2, 0) is 18.4 Å². The number of amides is 1. The lowest BCUT2D eigenvalue weighted by molar-refractivity contribution is -0.118. The van der Waals surface area contributed by atoms with E-state index in [1.54, 1.807) is 0 Å². The Morgan fingerprint density at radius 3 is 2.67 bits per heavy atom. The van der Waals surface area contributed by atoms with Gasteiger partial charge in [-0.05, 0) is 49.9 Å². The van der Waals surface area contributed by atoms with E-state index < -0.39 is 0 Å². The average molecular weight is 408 g/mol. The van der Waals surface area contributed by atoms with Crippen LogP contribution in [0.2, 0.25) is 0 Å². The first-order valence-corrected chi connectivity index (χ1v) is 10.3. The molecule has 0 unspecified atom stereocenters. The molecule has 1 N–H and O–H groups in total. The molecule has 2 aromatic carbocycles. The van der Waals surface area contributed by atoms with E-state index >= 15 is 0 Å². The molecule has 1 aliphatic heterocycles. The Kier molecular flexibility index (Phi) is 6.01. The summed E-state index contributed by atoms with van der Waals surface area (Å²) in [6.07, 6.45) is 0. The predicted octanol–water partition coefficient (Wildman–Crippen LogP) is 2.65. The first-order chi connectivity index (χ1) is 14.5. The molecule has 0 radical (unpaired) electrons. The number of aryl methyl sites for hydroxylation is 2. The zero-order valence-electron chi connectivity index (χ0n) is 17.9. The van der Waals surface area contributed by atoms with Gasteiger partial charge in [-0.1, -0.05) is 12.1 Å². The first kappa shape index (κ1) is 20.4. The highest BCUT2D eigenvalue weighted by Gasteiger charge is 2.17. The highest BCUT2D eigenvalue weighted by Crippen LogP contribution is 2.21. The van der Waals surface area contributed by atoms with Gasteiger partial charge in [0, 0.05) is 38.9 Å². The van der Waals surface area contributed by atoms with Crippen LogP contribution in [0.3, 0.4) is 0 Å². The highest BCUT2D eigenvalue weighted by atomic mass is 16.5. The molecule has 1 fully saturated rings. The summed E-state index contributed by atoms with van der Waals surface area (Å²) >= 11 is 0. The number of rotatable bonds is 6. The van der Waals surface area contributed by atoms with E-state index in [4.69, 9.17) is 9.72 Å². The molecule has 3 aromatic rings. The maximum Gasteiger partial charge on any atom is 0.262 e. The summed E-state index contributed by atoms with van der Waals surface area (Å²) in [5.41, 5.74) is 3.78. The number of piperazine rings is 1. The van der Waals surface area contributed by atoms with Gasteiger partial charge in [0.2, 0.25) is 0 Å². The molecule has 0 aliphatic carbocycles. The fourth-order valence-electron chi connectivity index (χ4n) is 3.73. The second-order valence-electron chi connectivity index (χ2n) is 8.02. The third-order valence-electron chi connectivity index (χ3n) is 5.58. The summed E-state index contributed by atoms with van der Waals surface area (Å²) in [5, 5.41) is 2.90. The molecule has 4 rings (SSSR count). The van der Waals surface area contributed by atoms with Crippen molar-refractivity contribution in [3.8, 4) is 5.75 Å². The highest BCUT2D eigenvalue weighted by molar-refractivity contribution is 5.94. The summed E-state index contributed by atoms with van der Waals surface area (Å²) in [6, 6.07) is 13.5. The number of fused-ring (bicyclic) bond motifs is 1. The van der Waals surface area contributed by atoms with Crippen molar-refractivity contribution in [3.63, 3.8) is 0 Å². The van der Waals surface area contributed by atoms with Gasteiger partial charge < -0.3 is 19.5 Å². The smallest absolute Gasteiger partial charge is 0.262 e. The number of ether oxygens (including phenoxy) is 1. The van der Waals surface area contributed by atoms with Gasteiger partial charge in [0.05, 0.1) is 17.6 Å². The summed E-state index contributed by atoms with van der Waals surface area (Å²) in [4.78, 5) is 21.9. The van der Waals surface area contributed by atoms with Crippen molar-refractivity contribution in [1.29, 1.82) is 0 Å². The summed E-state index contributed by atoms with van der Waals surface area (Å²) in [5.74, 6) is 1.55. The number of nitrogens with one attached hydrogen (secondary N) is 1. The lowest BCUT2D eigenvalue weighted by Gasteiger charge is -2.31.